The first-order valence-corrected chi connectivity index (χ1v) is 7.22. The molecule has 5 nitrogen and oxygen atoms in total. The van der Waals surface area contributed by atoms with Gasteiger partial charge in [0.1, 0.15) is 0 Å². The molecule has 0 aliphatic rings. The van der Waals surface area contributed by atoms with Gasteiger partial charge < -0.3 is 15.8 Å². The van der Waals surface area contributed by atoms with Crippen LogP contribution in [0.3, 0.4) is 0 Å². The van der Waals surface area contributed by atoms with Crippen molar-refractivity contribution in [2.75, 3.05) is 5.32 Å². The normalized spacial score (nSPS) is 13.6. The summed E-state index contributed by atoms with van der Waals surface area (Å²) in [6.45, 7) is 7.52. The predicted octanol–water partition coefficient (Wildman–Crippen LogP) is 2.56. The average molecular weight is 292 g/mol. The van der Waals surface area contributed by atoms with Crippen molar-refractivity contribution in [2.24, 2.45) is 11.7 Å². The Hall–Kier alpha value is -1.88. The van der Waals surface area contributed by atoms with E-state index in [1.165, 1.54) is 0 Å². The molecule has 1 unspecified atom stereocenters. The number of carbonyl (C=O) groups excluding carboxylic acids is 2. The molecule has 0 heterocycles. The number of benzene rings is 1. The Morgan fingerprint density at radius 1 is 1.19 bits per heavy atom. The van der Waals surface area contributed by atoms with Crippen LogP contribution in [0.5, 0.6) is 0 Å². The summed E-state index contributed by atoms with van der Waals surface area (Å²) in [7, 11) is 0. The Bertz CT molecular complexity index is 483. The average Bonchev–Trinajstić information content (AvgIpc) is 2.45. The molecule has 2 atom stereocenters. The fourth-order valence-corrected chi connectivity index (χ4v) is 1.71. The summed E-state index contributed by atoms with van der Waals surface area (Å²) in [6, 6.07) is 6.03. The smallest absolute Gasteiger partial charge is 0.338 e. The lowest BCUT2D eigenvalue weighted by atomic mass is 9.99. The number of anilines is 1. The van der Waals surface area contributed by atoms with Crippen molar-refractivity contribution in [1.29, 1.82) is 0 Å². The molecule has 0 bridgehead atoms. The summed E-state index contributed by atoms with van der Waals surface area (Å²) in [5.74, 6) is -0.480. The van der Waals surface area contributed by atoms with E-state index in [1.54, 1.807) is 38.1 Å². The minimum Gasteiger partial charge on any atom is -0.459 e. The van der Waals surface area contributed by atoms with Gasteiger partial charge in [0.2, 0.25) is 5.91 Å². The van der Waals surface area contributed by atoms with Crippen molar-refractivity contribution < 1.29 is 14.3 Å². The molecule has 5 heteroatoms. The molecule has 1 aromatic carbocycles. The highest BCUT2D eigenvalue weighted by Gasteiger charge is 2.19. The fourth-order valence-electron chi connectivity index (χ4n) is 1.71. The van der Waals surface area contributed by atoms with Crippen LogP contribution < -0.4 is 11.1 Å². The quantitative estimate of drug-likeness (QED) is 0.790. The number of rotatable bonds is 6. The molecule has 1 rings (SSSR count). The Kier molecular flexibility index (Phi) is 6.37. The van der Waals surface area contributed by atoms with Gasteiger partial charge in [0, 0.05) is 5.69 Å². The number of ether oxygens (including phenoxy) is 1. The van der Waals surface area contributed by atoms with Gasteiger partial charge in [-0.25, -0.2) is 4.79 Å². The molecule has 0 saturated carbocycles. The summed E-state index contributed by atoms with van der Waals surface area (Å²) in [6.07, 6.45) is 0.680. The van der Waals surface area contributed by atoms with Gasteiger partial charge in [-0.05, 0) is 44.0 Å². The molecule has 1 aromatic rings. The molecule has 21 heavy (non-hydrogen) atoms. The monoisotopic (exact) mass is 292 g/mol. The summed E-state index contributed by atoms with van der Waals surface area (Å²) in [5.41, 5.74) is 6.93. The van der Waals surface area contributed by atoms with E-state index in [-0.39, 0.29) is 23.9 Å². The van der Waals surface area contributed by atoms with Crippen LogP contribution in [-0.2, 0) is 9.53 Å². The number of nitrogens with one attached hydrogen (secondary N) is 1. The molecule has 0 aliphatic carbocycles. The molecule has 0 aliphatic heterocycles. The Morgan fingerprint density at radius 2 is 1.76 bits per heavy atom. The fraction of sp³-hybridized carbons (Fsp3) is 0.500. The van der Waals surface area contributed by atoms with Gasteiger partial charge in [0.25, 0.3) is 0 Å². The molecule has 0 spiro atoms. The van der Waals surface area contributed by atoms with Crippen LogP contribution in [-0.4, -0.2) is 24.0 Å². The minimum absolute atomic E-state index is 0.116. The number of nitrogens with two attached hydrogens (primary N) is 1. The van der Waals surface area contributed by atoms with Crippen molar-refractivity contribution in [2.45, 2.75) is 46.3 Å². The van der Waals surface area contributed by atoms with E-state index in [1.807, 2.05) is 13.8 Å². The molecular weight excluding hydrogens is 268 g/mol. The van der Waals surface area contributed by atoms with Crippen LogP contribution >= 0.6 is 0 Å². The van der Waals surface area contributed by atoms with E-state index in [0.717, 1.165) is 6.42 Å². The number of amides is 1. The Morgan fingerprint density at radius 3 is 2.24 bits per heavy atom. The van der Waals surface area contributed by atoms with Crippen LogP contribution in [0.1, 0.15) is 44.5 Å². The Balaban J connectivity index is 2.66. The highest BCUT2D eigenvalue weighted by molar-refractivity contribution is 5.95. The van der Waals surface area contributed by atoms with Crippen LogP contribution in [0.4, 0.5) is 5.69 Å². The highest BCUT2D eigenvalue weighted by Crippen LogP contribution is 2.13. The predicted molar refractivity (Wildman–Crippen MR) is 83.1 cm³/mol. The van der Waals surface area contributed by atoms with Crippen LogP contribution in [0, 0.1) is 5.92 Å². The summed E-state index contributed by atoms with van der Waals surface area (Å²) in [5, 5.41) is 2.75. The topological polar surface area (TPSA) is 81.4 Å². The highest BCUT2D eigenvalue weighted by atomic mass is 16.5. The number of hydrogen-bond donors (Lipinski definition) is 2. The molecule has 3 N–H and O–H groups in total. The van der Waals surface area contributed by atoms with Gasteiger partial charge in [-0.15, -0.1) is 0 Å². The first kappa shape index (κ1) is 17.2. The lowest BCUT2D eigenvalue weighted by Gasteiger charge is -2.17. The van der Waals surface area contributed by atoms with E-state index in [2.05, 4.69) is 5.32 Å². The zero-order valence-corrected chi connectivity index (χ0v) is 13.1. The maximum atomic E-state index is 11.9. The van der Waals surface area contributed by atoms with Crippen molar-refractivity contribution >= 4 is 17.6 Å². The van der Waals surface area contributed by atoms with Gasteiger partial charge in [-0.3, -0.25) is 4.79 Å². The first-order valence-electron chi connectivity index (χ1n) is 7.22. The number of hydrogen-bond acceptors (Lipinski definition) is 4. The van der Waals surface area contributed by atoms with Crippen LogP contribution in [0.2, 0.25) is 0 Å². The van der Waals surface area contributed by atoms with Gasteiger partial charge in [0.15, 0.2) is 0 Å². The van der Waals surface area contributed by atoms with E-state index >= 15 is 0 Å². The lowest BCUT2D eigenvalue weighted by molar-refractivity contribution is -0.118. The molecule has 1 amide bonds. The van der Waals surface area contributed by atoms with Crippen molar-refractivity contribution in [3.8, 4) is 0 Å². The number of esters is 1. The second-order valence-corrected chi connectivity index (χ2v) is 5.43. The molecule has 116 valence electrons. The molecule has 0 radical (unpaired) electrons. The van der Waals surface area contributed by atoms with Crippen molar-refractivity contribution in [1.82, 2.24) is 0 Å². The van der Waals surface area contributed by atoms with E-state index < -0.39 is 6.04 Å². The molecular formula is C16H24N2O3. The second kappa shape index (κ2) is 7.78. The number of carbonyl (C=O) groups is 2. The lowest BCUT2D eigenvalue weighted by Crippen LogP contribution is -2.40. The zero-order valence-electron chi connectivity index (χ0n) is 13.1. The van der Waals surface area contributed by atoms with Crippen molar-refractivity contribution in [3.63, 3.8) is 0 Å². The van der Waals surface area contributed by atoms with E-state index in [9.17, 15) is 9.59 Å². The zero-order chi connectivity index (χ0) is 16.0. The largest absolute Gasteiger partial charge is 0.459 e. The summed E-state index contributed by atoms with van der Waals surface area (Å²) >= 11 is 0. The Labute approximate surface area is 125 Å². The van der Waals surface area contributed by atoms with E-state index in [4.69, 9.17) is 10.5 Å². The third kappa shape index (κ3) is 5.19. The van der Waals surface area contributed by atoms with Crippen molar-refractivity contribution in [3.05, 3.63) is 29.8 Å². The maximum absolute atomic E-state index is 11.9. The van der Waals surface area contributed by atoms with Crippen LogP contribution in [0.15, 0.2) is 24.3 Å². The third-order valence-corrected chi connectivity index (χ3v) is 3.29. The molecule has 0 saturated heterocycles. The molecule has 0 fully saturated rings. The SMILES string of the molecule is CCC(C)[C@H](N)C(=O)Nc1ccc(C(=O)OC(C)C)cc1. The molecule has 0 aromatic heterocycles. The second-order valence-electron chi connectivity index (χ2n) is 5.43. The van der Waals surface area contributed by atoms with Gasteiger partial charge in [-0.2, -0.15) is 0 Å². The third-order valence-electron chi connectivity index (χ3n) is 3.29. The summed E-state index contributed by atoms with van der Waals surface area (Å²) < 4.78 is 5.10. The van der Waals surface area contributed by atoms with E-state index in [0.29, 0.717) is 11.3 Å². The minimum atomic E-state index is -0.541. The standard InChI is InChI=1S/C16H24N2O3/c1-5-11(4)14(17)15(19)18-13-8-6-12(7-9-13)16(20)21-10(2)3/h6-11,14H,5,17H2,1-4H3,(H,18,19)/t11?,14-/m0/s1. The first-order chi connectivity index (χ1) is 9.85. The van der Waals surface area contributed by atoms with Gasteiger partial charge in [-0.1, -0.05) is 20.3 Å². The maximum Gasteiger partial charge on any atom is 0.338 e. The van der Waals surface area contributed by atoms with Gasteiger partial charge >= 0.3 is 5.97 Å². The van der Waals surface area contributed by atoms with Crippen LogP contribution in [0.25, 0.3) is 0 Å². The van der Waals surface area contributed by atoms with Gasteiger partial charge in [0.05, 0.1) is 17.7 Å². The summed E-state index contributed by atoms with van der Waals surface area (Å²) in [4.78, 5) is 23.6.